The van der Waals surface area contributed by atoms with Crippen LogP contribution in [0.25, 0.3) is 0 Å². The number of halogens is 1. The van der Waals surface area contributed by atoms with E-state index in [9.17, 15) is 0 Å². The van der Waals surface area contributed by atoms with Crippen LogP contribution in [0, 0.1) is 6.07 Å². The van der Waals surface area contributed by atoms with Crippen LogP contribution < -0.4 is 0 Å². The van der Waals surface area contributed by atoms with E-state index in [2.05, 4.69) is 40.2 Å². The third-order valence-corrected chi connectivity index (χ3v) is 2.68. The van der Waals surface area contributed by atoms with Crippen molar-refractivity contribution >= 4 is 15.9 Å². The minimum atomic E-state index is 1.05. The minimum Gasteiger partial charge on any atom is -0.0838 e. The van der Waals surface area contributed by atoms with Crippen LogP contribution in [0.4, 0.5) is 0 Å². The summed E-state index contributed by atoms with van der Waals surface area (Å²) in [6, 6.07) is 7.26. The lowest BCUT2D eigenvalue weighted by Gasteiger charge is -2.11. The Hall–Kier alpha value is -0.560. The molecular weight excluding hydrogens is 200 g/mol. The second-order valence-corrected chi connectivity index (χ2v) is 3.47. The standard InChI is InChI=1S/C10H8Br/c11-10-7-3-5-8-4-1-2-6-9(8)10/h1-3,5H,4,6H2. The lowest BCUT2D eigenvalue weighted by atomic mass is 9.97. The van der Waals surface area contributed by atoms with Gasteiger partial charge in [-0.1, -0.05) is 24.3 Å². The zero-order valence-electron chi connectivity index (χ0n) is 6.10. The van der Waals surface area contributed by atoms with Crippen molar-refractivity contribution < 1.29 is 0 Å². The van der Waals surface area contributed by atoms with E-state index >= 15 is 0 Å². The van der Waals surface area contributed by atoms with Crippen LogP contribution in [0.2, 0.25) is 0 Å². The van der Waals surface area contributed by atoms with Gasteiger partial charge in [-0.2, -0.15) is 0 Å². The fourth-order valence-corrected chi connectivity index (χ4v) is 1.92. The maximum absolute atomic E-state index is 3.49. The van der Waals surface area contributed by atoms with Crippen LogP contribution in [-0.2, 0) is 12.8 Å². The Morgan fingerprint density at radius 1 is 1.27 bits per heavy atom. The second-order valence-electron chi connectivity index (χ2n) is 2.68. The first kappa shape index (κ1) is 7.11. The summed E-state index contributed by atoms with van der Waals surface area (Å²) in [5, 5.41) is 0. The summed E-state index contributed by atoms with van der Waals surface area (Å²) in [4.78, 5) is 0. The Morgan fingerprint density at radius 3 is 2.91 bits per heavy atom. The van der Waals surface area contributed by atoms with Gasteiger partial charge in [0.05, 0.1) is 0 Å². The number of hydrogen-bond acceptors (Lipinski definition) is 0. The van der Waals surface area contributed by atoms with Crippen LogP contribution in [0.1, 0.15) is 11.1 Å². The van der Waals surface area contributed by atoms with E-state index < -0.39 is 0 Å². The molecule has 0 atom stereocenters. The topological polar surface area (TPSA) is 0 Å². The monoisotopic (exact) mass is 207 g/mol. The fourth-order valence-electron chi connectivity index (χ4n) is 1.37. The molecule has 1 radical (unpaired) electrons. The first-order chi connectivity index (χ1) is 5.38. The normalized spacial score (nSPS) is 14.6. The fraction of sp³-hybridized carbons (Fsp3) is 0.200. The minimum absolute atomic E-state index is 1.05. The summed E-state index contributed by atoms with van der Waals surface area (Å²) in [6.45, 7) is 0. The predicted molar refractivity (Wildman–Crippen MR) is 49.5 cm³/mol. The number of allylic oxidation sites excluding steroid dienone is 2. The molecule has 0 bridgehead atoms. The molecule has 2 rings (SSSR count). The highest BCUT2D eigenvalue weighted by molar-refractivity contribution is 9.10. The van der Waals surface area contributed by atoms with Crippen molar-refractivity contribution in [3.8, 4) is 0 Å². The summed E-state index contributed by atoms with van der Waals surface area (Å²) >= 11 is 3.49. The van der Waals surface area contributed by atoms with Gasteiger partial charge >= 0.3 is 0 Å². The smallest absolute Gasteiger partial charge is 0.0292 e. The van der Waals surface area contributed by atoms with E-state index in [4.69, 9.17) is 0 Å². The Labute approximate surface area is 75.1 Å². The average Bonchev–Trinajstić information content (AvgIpc) is 2.06. The molecule has 0 saturated heterocycles. The predicted octanol–water partition coefficient (Wildman–Crippen LogP) is 2.90. The van der Waals surface area contributed by atoms with Crippen LogP contribution in [0.15, 0.2) is 28.8 Å². The van der Waals surface area contributed by atoms with Crippen molar-refractivity contribution in [3.05, 3.63) is 46.0 Å². The Kier molecular flexibility index (Phi) is 1.82. The maximum Gasteiger partial charge on any atom is 0.0292 e. The highest BCUT2D eigenvalue weighted by atomic mass is 79.9. The van der Waals surface area contributed by atoms with Gasteiger partial charge in [0, 0.05) is 4.47 Å². The lowest BCUT2D eigenvalue weighted by Crippen LogP contribution is -1.97. The molecule has 1 aromatic rings. The summed E-state index contributed by atoms with van der Waals surface area (Å²) < 4.78 is 1.12. The van der Waals surface area contributed by atoms with Crippen molar-refractivity contribution in [2.45, 2.75) is 12.8 Å². The summed E-state index contributed by atoms with van der Waals surface area (Å²) in [5.41, 5.74) is 2.83. The molecule has 1 aromatic carbocycles. The molecule has 0 aliphatic heterocycles. The van der Waals surface area contributed by atoms with Crippen LogP contribution in [0.5, 0.6) is 0 Å². The molecule has 55 valence electrons. The van der Waals surface area contributed by atoms with Gasteiger partial charge in [0.25, 0.3) is 0 Å². The van der Waals surface area contributed by atoms with Crippen molar-refractivity contribution in [1.82, 2.24) is 0 Å². The Morgan fingerprint density at radius 2 is 2.09 bits per heavy atom. The number of rotatable bonds is 0. The SMILES string of the molecule is Brc1[c]ccc2c1CC=CC2. The summed E-state index contributed by atoms with van der Waals surface area (Å²) in [6.07, 6.45) is 6.55. The van der Waals surface area contributed by atoms with Crippen LogP contribution in [-0.4, -0.2) is 0 Å². The van der Waals surface area contributed by atoms with E-state index in [0.29, 0.717) is 0 Å². The van der Waals surface area contributed by atoms with Crippen molar-refractivity contribution in [3.63, 3.8) is 0 Å². The molecule has 0 spiro atoms. The zero-order chi connectivity index (χ0) is 7.68. The number of benzene rings is 1. The number of fused-ring (bicyclic) bond motifs is 1. The first-order valence-electron chi connectivity index (χ1n) is 3.71. The molecule has 1 heteroatoms. The van der Waals surface area contributed by atoms with Crippen molar-refractivity contribution in [2.75, 3.05) is 0 Å². The van der Waals surface area contributed by atoms with Gasteiger partial charge in [0.1, 0.15) is 0 Å². The molecule has 0 fully saturated rings. The quantitative estimate of drug-likeness (QED) is 0.575. The molecule has 0 aromatic heterocycles. The average molecular weight is 208 g/mol. The largest absolute Gasteiger partial charge is 0.0838 e. The van der Waals surface area contributed by atoms with Gasteiger partial charge in [0.15, 0.2) is 0 Å². The molecule has 0 amide bonds. The molecule has 1 aliphatic rings. The molecule has 1 aliphatic carbocycles. The first-order valence-corrected chi connectivity index (χ1v) is 4.50. The van der Waals surface area contributed by atoms with E-state index in [1.54, 1.807) is 0 Å². The van der Waals surface area contributed by atoms with E-state index in [1.807, 2.05) is 6.07 Å². The molecule has 0 heterocycles. The van der Waals surface area contributed by atoms with Gasteiger partial charge in [-0.05, 0) is 46.0 Å². The number of hydrogen-bond donors (Lipinski definition) is 0. The zero-order valence-corrected chi connectivity index (χ0v) is 7.69. The summed E-state index contributed by atoms with van der Waals surface area (Å²) in [5.74, 6) is 0. The van der Waals surface area contributed by atoms with Gasteiger partial charge in [0.2, 0.25) is 0 Å². The molecule has 0 nitrogen and oxygen atoms in total. The Balaban J connectivity index is 2.54. The van der Waals surface area contributed by atoms with Crippen LogP contribution in [0.3, 0.4) is 0 Å². The van der Waals surface area contributed by atoms with E-state index in [0.717, 1.165) is 17.3 Å². The molecular formula is C10H8Br. The van der Waals surface area contributed by atoms with Gasteiger partial charge in [-0.25, -0.2) is 0 Å². The van der Waals surface area contributed by atoms with Crippen molar-refractivity contribution in [2.24, 2.45) is 0 Å². The molecule has 0 saturated carbocycles. The highest BCUT2D eigenvalue weighted by Crippen LogP contribution is 2.24. The van der Waals surface area contributed by atoms with Crippen LogP contribution >= 0.6 is 15.9 Å². The lowest BCUT2D eigenvalue weighted by molar-refractivity contribution is 1.08. The third kappa shape index (κ3) is 1.25. The van der Waals surface area contributed by atoms with Gasteiger partial charge in [-0.3, -0.25) is 0 Å². The maximum atomic E-state index is 3.49. The Bertz CT molecular complexity index is 300. The van der Waals surface area contributed by atoms with Crippen molar-refractivity contribution in [1.29, 1.82) is 0 Å². The summed E-state index contributed by atoms with van der Waals surface area (Å²) in [7, 11) is 0. The molecule has 11 heavy (non-hydrogen) atoms. The van der Waals surface area contributed by atoms with E-state index in [1.165, 1.54) is 11.1 Å². The highest BCUT2D eigenvalue weighted by Gasteiger charge is 2.06. The van der Waals surface area contributed by atoms with Gasteiger partial charge < -0.3 is 0 Å². The third-order valence-electron chi connectivity index (χ3n) is 1.97. The molecule has 0 unspecified atom stereocenters. The van der Waals surface area contributed by atoms with E-state index in [-0.39, 0.29) is 0 Å². The molecule has 0 N–H and O–H groups in total. The second kappa shape index (κ2) is 2.82. The van der Waals surface area contributed by atoms with Gasteiger partial charge in [-0.15, -0.1) is 0 Å².